The molecule has 1 fully saturated rings. The van der Waals surface area contributed by atoms with Crippen LogP contribution in [-0.2, 0) is 13.5 Å². The Morgan fingerprint density at radius 2 is 2.20 bits per heavy atom. The standard InChI is InChI=1S/C12H21N3/c1-15-12(8-10-14-15)7-9-13-11-5-3-2-4-6-11/h8,10-11,13H,2-7,9H2,1H3. The van der Waals surface area contributed by atoms with Gasteiger partial charge in [0.05, 0.1) is 0 Å². The fraction of sp³-hybridized carbons (Fsp3) is 0.750. The van der Waals surface area contributed by atoms with Crippen LogP contribution in [0.3, 0.4) is 0 Å². The summed E-state index contributed by atoms with van der Waals surface area (Å²) >= 11 is 0. The molecule has 15 heavy (non-hydrogen) atoms. The molecule has 3 heteroatoms. The minimum Gasteiger partial charge on any atom is -0.314 e. The SMILES string of the molecule is Cn1nccc1CCNC1CCCCC1. The van der Waals surface area contributed by atoms with E-state index < -0.39 is 0 Å². The lowest BCUT2D eigenvalue weighted by molar-refractivity contribution is 0.374. The molecule has 0 amide bonds. The Labute approximate surface area is 91.9 Å². The van der Waals surface area contributed by atoms with Gasteiger partial charge in [-0.05, 0) is 18.9 Å². The molecule has 0 saturated heterocycles. The summed E-state index contributed by atoms with van der Waals surface area (Å²) in [5, 5.41) is 7.82. The molecule has 0 aromatic carbocycles. The number of hydrogen-bond donors (Lipinski definition) is 1. The van der Waals surface area contributed by atoms with Crippen molar-refractivity contribution in [1.82, 2.24) is 15.1 Å². The highest BCUT2D eigenvalue weighted by atomic mass is 15.3. The molecule has 3 nitrogen and oxygen atoms in total. The Bertz CT molecular complexity index is 287. The summed E-state index contributed by atoms with van der Waals surface area (Å²) < 4.78 is 1.96. The molecule has 0 aliphatic heterocycles. The summed E-state index contributed by atoms with van der Waals surface area (Å²) in [5.74, 6) is 0. The molecule has 1 N–H and O–H groups in total. The Morgan fingerprint density at radius 1 is 1.40 bits per heavy atom. The van der Waals surface area contributed by atoms with Crippen molar-refractivity contribution in [1.29, 1.82) is 0 Å². The second-order valence-corrected chi connectivity index (χ2v) is 4.49. The summed E-state index contributed by atoms with van der Waals surface area (Å²) in [5.41, 5.74) is 1.32. The van der Waals surface area contributed by atoms with E-state index in [1.807, 2.05) is 17.9 Å². The van der Waals surface area contributed by atoms with Gasteiger partial charge >= 0.3 is 0 Å². The number of rotatable bonds is 4. The normalized spacial score (nSPS) is 18.2. The molecule has 0 bridgehead atoms. The molecule has 0 atom stereocenters. The number of hydrogen-bond acceptors (Lipinski definition) is 2. The second kappa shape index (κ2) is 5.31. The highest BCUT2D eigenvalue weighted by Gasteiger charge is 2.12. The van der Waals surface area contributed by atoms with Crippen LogP contribution in [-0.4, -0.2) is 22.4 Å². The maximum atomic E-state index is 4.17. The van der Waals surface area contributed by atoms with Gasteiger partial charge in [0.1, 0.15) is 0 Å². The van der Waals surface area contributed by atoms with Crippen LogP contribution in [0.2, 0.25) is 0 Å². The first-order chi connectivity index (χ1) is 7.36. The van der Waals surface area contributed by atoms with E-state index in [9.17, 15) is 0 Å². The quantitative estimate of drug-likeness (QED) is 0.817. The molecule has 84 valence electrons. The maximum absolute atomic E-state index is 4.17. The van der Waals surface area contributed by atoms with Crippen LogP contribution in [0.4, 0.5) is 0 Å². The molecule has 1 heterocycles. The highest BCUT2D eigenvalue weighted by molar-refractivity contribution is 5.00. The molecular weight excluding hydrogens is 186 g/mol. The van der Waals surface area contributed by atoms with Crippen molar-refractivity contribution in [3.8, 4) is 0 Å². The molecule has 1 aliphatic rings. The number of aromatic nitrogens is 2. The van der Waals surface area contributed by atoms with Crippen molar-refractivity contribution >= 4 is 0 Å². The first kappa shape index (κ1) is 10.7. The van der Waals surface area contributed by atoms with Crippen molar-refractivity contribution in [3.05, 3.63) is 18.0 Å². The zero-order valence-corrected chi connectivity index (χ0v) is 9.58. The number of nitrogens with one attached hydrogen (secondary N) is 1. The van der Waals surface area contributed by atoms with Gasteiger partial charge in [-0.25, -0.2) is 0 Å². The van der Waals surface area contributed by atoms with Crippen molar-refractivity contribution in [2.45, 2.75) is 44.6 Å². The molecular formula is C12H21N3. The summed E-state index contributed by atoms with van der Waals surface area (Å²) in [6.45, 7) is 1.09. The third kappa shape index (κ3) is 3.06. The minimum absolute atomic E-state index is 0.770. The predicted molar refractivity (Wildman–Crippen MR) is 61.8 cm³/mol. The summed E-state index contributed by atoms with van der Waals surface area (Å²) in [7, 11) is 2.01. The smallest absolute Gasteiger partial charge is 0.0492 e. The van der Waals surface area contributed by atoms with Crippen LogP contribution in [0.15, 0.2) is 12.3 Å². The zero-order valence-electron chi connectivity index (χ0n) is 9.58. The van der Waals surface area contributed by atoms with Gasteiger partial charge in [-0.2, -0.15) is 5.10 Å². The maximum Gasteiger partial charge on any atom is 0.0492 e. The number of aryl methyl sites for hydroxylation is 1. The monoisotopic (exact) mass is 207 g/mol. The summed E-state index contributed by atoms with van der Waals surface area (Å²) in [4.78, 5) is 0. The fourth-order valence-electron chi connectivity index (χ4n) is 2.36. The Hall–Kier alpha value is -0.830. The van der Waals surface area contributed by atoms with E-state index in [-0.39, 0.29) is 0 Å². The van der Waals surface area contributed by atoms with E-state index in [2.05, 4.69) is 16.5 Å². The first-order valence-corrected chi connectivity index (χ1v) is 6.06. The van der Waals surface area contributed by atoms with E-state index in [0.29, 0.717) is 0 Å². The van der Waals surface area contributed by atoms with Gasteiger partial charge in [0.2, 0.25) is 0 Å². The summed E-state index contributed by atoms with van der Waals surface area (Å²) in [6, 6.07) is 2.87. The molecule has 1 aromatic heterocycles. The van der Waals surface area contributed by atoms with Gasteiger partial charge < -0.3 is 5.32 Å². The van der Waals surface area contributed by atoms with E-state index >= 15 is 0 Å². The lowest BCUT2D eigenvalue weighted by Crippen LogP contribution is -2.32. The van der Waals surface area contributed by atoms with Crippen molar-refractivity contribution in [3.63, 3.8) is 0 Å². The zero-order chi connectivity index (χ0) is 10.5. The Kier molecular flexibility index (Phi) is 3.78. The molecule has 1 aromatic rings. The van der Waals surface area contributed by atoms with Crippen LogP contribution in [0.25, 0.3) is 0 Å². The van der Waals surface area contributed by atoms with Crippen LogP contribution in [0.1, 0.15) is 37.8 Å². The van der Waals surface area contributed by atoms with Crippen LogP contribution in [0.5, 0.6) is 0 Å². The van der Waals surface area contributed by atoms with Gasteiger partial charge in [-0.1, -0.05) is 19.3 Å². The summed E-state index contributed by atoms with van der Waals surface area (Å²) in [6.07, 6.45) is 9.94. The third-order valence-corrected chi connectivity index (χ3v) is 3.34. The van der Waals surface area contributed by atoms with E-state index in [1.54, 1.807) is 0 Å². The minimum atomic E-state index is 0.770. The first-order valence-electron chi connectivity index (χ1n) is 6.06. The van der Waals surface area contributed by atoms with E-state index in [0.717, 1.165) is 19.0 Å². The molecule has 0 unspecified atom stereocenters. The lowest BCUT2D eigenvalue weighted by Gasteiger charge is -2.22. The second-order valence-electron chi connectivity index (χ2n) is 4.49. The molecule has 1 saturated carbocycles. The van der Waals surface area contributed by atoms with Gasteiger partial charge in [-0.3, -0.25) is 4.68 Å². The van der Waals surface area contributed by atoms with Gasteiger partial charge in [0, 0.05) is 37.9 Å². The van der Waals surface area contributed by atoms with Crippen LogP contribution in [0, 0.1) is 0 Å². The Morgan fingerprint density at radius 3 is 2.87 bits per heavy atom. The fourth-order valence-corrected chi connectivity index (χ4v) is 2.36. The molecule has 0 radical (unpaired) electrons. The van der Waals surface area contributed by atoms with Crippen LogP contribution < -0.4 is 5.32 Å². The van der Waals surface area contributed by atoms with E-state index in [1.165, 1.54) is 37.8 Å². The molecule has 0 spiro atoms. The Balaban J connectivity index is 1.68. The number of nitrogens with zero attached hydrogens (tertiary/aromatic N) is 2. The average Bonchev–Trinajstić information content (AvgIpc) is 2.66. The third-order valence-electron chi connectivity index (χ3n) is 3.34. The van der Waals surface area contributed by atoms with Gasteiger partial charge in [-0.15, -0.1) is 0 Å². The largest absolute Gasteiger partial charge is 0.314 e. The van der Waals surface area contributed by atoms with Gasteiger partial charge in [0.15, 0.2) is 0 Å². The van der Waals surface area contributed by atoms with E-state index in [4.69, 9.17) is 0 Å². The lowest BCUT2D eigenvalue weighted by atomic mass is 9.95. The van der Waals surface area contributed by atoms with Crippen molar-refractivity contribution in [2.24, 2.45) is 7.05 Å². The van der Waals surface area contributed by atoms with Crippen LogP contribution >= 0.6 is 0 Å². The van der Waals surface area contributed by atoms with Crippen molar-refractivity contribution in [2.75, 3.05) is 6.54 Å². The topological polar surface area (TPSA) is 29.9 Å². The average molecular weight is 207 g/mol. The molecule has 2 rings (SSSR count). The predicted octanol–water partition coefficient (Wildman–Crippen LogP) is 1.88. The van der Waals surface area contributed by atoms with Gasteiger partial charge in [0.25, 0.3) is 0 Å². The molecule has 1 aliphatic carbocycles. The van der Waals surface area contributed by atoms with Crippen molar-refractivity contribution < 1.29 is 0 Å². The highest BCUT2D eigenvalue weighted by Crippen LogP contribution is 2.17.